The lowest BCUT2D eigenvalue weighted by Crippen LogP contribution is -2.48. The molecule has 0 saturated heterocycles. The SMILES string of the molecule is CC(C)OC(=O)c1ccc(OCC(=O)NC2(C#N)CCCCCC2)cc1. The summed E-state index contributed by atoms with van der Waals surface area (Å²) in [4.78, 5) is 24.0. The van der Waals surface area contributed by atoms with Crippen LogP contribution in [0.2, 0.25) is 0 Å². The van der Waals surface area contributed by atoms with Crippen molar-refractivity contribution >= 4 is 11.9 Å². The zero-order valence-corrected chi connectivity index (χ0v) is 15.4. The molecule has 1 saturated carbocycles. The molecule has 0 aromatic heterocycles. The van der Waals surface area contributed by atoms with Gasteiger partial charge in [0.2, 0.25) is 0 Å². The zero-order chi connectivity index (χ0) is 19.0. The lowest BCUT2D eigenvalue weighted by atomic mass is 9.92. The average molecular weight is 358 g/mol. The van der Waals surface area contributed by atoms with E-state index in [0.717, 1.165) is 25.7 Å². The van der Waals surface area contributed by atoms with E-state index in [2.05, 4.69) is 11.4 Å². The highest BCUT2D eigenvalue weighted by Crippen LogP contribution is 2.26. The molecule has 2 rings (SSSR count). The molecule has 1 aromatic carbocycles. The second-order valence-corrected chi connectivity index (χ2v) is 6.92. The molecule has 0 heterocycles. The van der Waals surface area contributed by atoms with Crippen LogP contribution < -0.4 is 10.1 Å². The smallest absolute Gasteiger partial charge is 0.338 e. The summed E-state index contributed by atoms with van der Waals surface area (Å²) < 4.78 is 10.6. The Labute approximate surface area is 154 Å². The highest BCUT2D eigenvalue weighted by atomic mass is 16.5. The van der Waals surface area contributed by atoms with E-state index in [4.69, 9.17) is 9.47 Å². The summed E-state index contributed by atoms with van der Waals surface area (Å²) in [6.45, 7) is 3.41. The van der Waals surface area contributed by atoms with Crippen LogP contribution in [0, 0.1) is 11.3 Å². The quantitative estimate of drug-likeness (QED) is 0.622. The number of nitrogens with one attached hydrogen (secondary N) is 1. The molecule has 6 heteroatoms. The Morgan fingerprint density at radius 2 is 1.77 bits per heavy atom. The Kier molecular flexibility index (Phi) is 7.02. The van der Waals surface area contributed by atoms with Crippen molar-refractivity contribution in [1.82, 2.24) is 5.32 Å². The second kappa shape index (κ2) is 9.23. The summed E-state index contributed by atoms with van der Waals surface area (Å²) in [6, 6.07) is 8.72. The average Bonchev–Trinajstić information content (AvgIpc) is 2.86. The number of nitrogens with zero attached hydrogens (tertiary/aromatic N) is 1. The van der Waals surface area contributed by atoms with Crippen molar-refractivity contribution in [3.05, 3.63) is 29.8 Å². The van der Waals surface area contributed by atoms with Gasteiger partial charge >= 0.3 is 5.97 Å². The monoisotopic (exact) mass is 358 g/mol. The number of rotatable bonds is 6. The van der Waals surface area contributed by atoms with E-state index in [-0.39, 0.29) is 18.6 Å². The Hall–Kier alpha value is -2.55. The molecular weight excluding hydrogens is 332 g/mol. The molecule has 1 aromatic rings. The molecule has 0 unspecified atom stereocenters. The number of benzene rings is 1. The van der Waals surface area contributed by atoms with Crippen LogP contribution in [0.15, 0.2) is 24.3 Å². The Balaban J connectivity index is 1.87. The Morgan fingerprint density at radius 1 is 1.15 bits per heavy atom. The fourth-order valence-electron chi connectivity index (χ4n) is 3.02. The first-order chi connectivity index (χ1) is 12.4. The molecule has 0 bridgehead atoms. The molecule has 0 radical (unpaired) electrons. The summed E-state index contributed by atoms with van der Waals surface area (Å²) in [6.07, 6.45) is 5.27. The predicted molar refractivity (Wildman–Crippen MR) is 96.7 cm³/mol. The molecule has 1 fully saturated rings. The highest BCUT2D eigenvalue weighted by Gasteiger charge is 2.32. The first-order valence-electron chi connectivity index (χ1n) is 9.10. The van der Waals surface area contributed by atoms with Crippen molar-refractivity contribution in [2.75, 3.05) is 6.61 Å². The van der Waals surface area contributed by atoms with Crippen LogP contribution in [0.4, 0.5) is 0 Å². The van der Waals surface area contributed by atoms with Gasteiger partial charge in [-0.05, 0) is 51.0 Å². The summed E-state index contributed by atoms with van der Waals surface area (Å²) in [5, 5.41) is 12.3. The summed E-state index contributed by atoms with van der Waals surface area (Å²) in [5.74, 6) is -0.224. The van der Waals surface area contributed by atoms with Crippen molar-refractivity contribution in [3.63, 3.8) is 0 Å². The van der Waals surface area contributed by atoms with Gasteiger partial charge in [0.1, 0.15) is 11.3 Å². The van der Waals surface area contributed by atoms with Crippen molar-refractivity contribution in [2.24, 2.45) is 0 Å². The topological polar surface area (TPSA) is 88.4 Å². The van der Waals surface area contributed by atoms with E-state index in [1.807, 2.05) is 0 Å². The number of carbonyl (C=O) groups is 2. The summed E-state index contributed by atoms with van der Waals surface area (Å²) in [5.41, 5.74) is -0.348. The third-order valence-corrected chi connectivity index (χ3v) is 4.35. The lowest BCUT2D eigenvalue weighted by Gasteiger charge is -2.26. The molecule has 26 heavy (non-hydrogen) atoms. The van der Waals surface area contributed by atoms with Crippen molar-refractivity contribution < 1.29 is 19.1 Å². The van der Waals surface area contributed by atoms with Gasteiger partial charge in [-0.15, -0.1) is 0 Å². The van der Waals surface area contributed by atoms with E-state index < -0.39 is 11.5 Å². The van der Waals surface area contributed by atoms with Gasteiger partial charge in [-0.1, -0.05) is 25.7 Å². The van der Waals surface area contributed by atoms with Crippen molar-refractivity contribution in [1.29, 1.82) is 5.26 Å². The number of nitriles is 1. The Morgan fingerprint density at radius 3 is 2.31 bits per heavy atom. The number of ether oxygens (including phenoxy) is 2. The number of hydrogen-bond donors (Lipinski definition) is 1. The number of carbonyl (C=O) groups excluding carboxylic acids is 2. The van der Waals surface area contributed by atoms with Gasteiger partial charge in [-0.2, -0.15) is 5.26 Å². The molecule has 140 valence electrons. The van der Waals surface area contributed by atoms with Gasteiger partial charge in [0.25, 0.3) is 5.91 Å². The minimum absolute atomic E-state index is 0.167. The number of hydrogen-bond acceptors (Lipinski definition) is 5. The predicted octanol–water partition coefficient (Wildman–Crippen LogP) is 3.36. The van der Waals surface area contributed by atoms with Crippen molar-refractivity contribution in [3.8, 4) is 11.8 Å². The lowest BCUT2D eigenvalue weighted by molar-refractivity contribution is -0.124. The largest absolute Gasteiger partial charge is 0.484 e. The minimum Gasteiger partial charge on any atom is -0.484 e. The van der Waals surface area contributed by atoms with Gasteiger partial charge in [-0.3, -0.25) is 4.79 Å². The van der Waals surface area contributed by atoms with Crippen LogP contribution in [0.25, 0.3) is 0 Å². The summed E-state index contributed by atoms with van der Waals surface area (Å²) in [7, 11) is 0. The normalized spacial score (nSPS) is 16.2. The Bertz CT molecular complexity index is 653. The molecule has 1 aliphatic carbocycles. The van der Waals surface area contributed by atoms with Crippen LogP contribution >= 0.6 is 0 Å². The third-order valence-electron chi connectivity index (χ3n) is 4.35. The standard InChI is InChI=1S/C20H26N2O4/c1-15(2)26-19(24)16-7-9-17(10-8-16)25-13-18(23)22-20(14-21)11-5-3-4-6-12-20/h7-10,15H,3-6,11-13H2,1-2H3,(H,22,23). The van der Waals surface area contributed by atoms with Gasteiger partial charge in [-0.25, -0.2) is 4.79 Å². The molecule has 0 atom stereocenters. The van der Waals surface area contributed by atoms with E-state index in [1.54, 1.807) is 38.1 Å². The fraction of sp³-hybridized carbons (Fsp3) is 0.550. The van der Waals surface area contributed by atoms with Crippen LogP contribution in [0.5, 0.6) is 5.75 Å². The van der Waals surface area contributed by atoms with Crippen LogP contribution in [-0.2, 0) is 9.53 Å². The van der Waals surface area contributed by atoms with E-state index in [9.17, 15) is 14.9 Å². The minimum atomic E-state index is -0.776. The maximum absolute atomic E-state index is 12.2. The van der Waals surface area contributed by atoms with E-state index in [1.165, 1.54) is 0 Å². The van der Waals surface area contributed by atoms with Gasteiger partial charge in [0.05, 0.1) is 17.7 Å². The highest BCUT2D eigenvalue weighted by molar-refractivity contribution is 5.89. The first-order valence-corrected chi connectivity index (χ1v) is 9.10. The van der Waals surface area contributed by atoms with Crippen LogP contribution in [0.1, 0.15) is 62.7 Å². The molecule has 1 N–H and O–H groups in total. The van der Waals surface area contributed by atoms with Gasteiger partial charge < -0.3 is 14.8 Å². The second-order valence-electron chi connectivity index (χ2n) is 6.92. The van der Waals surface area contributed by atoms with Gasteiger partial charge in [0.15, 0.2) is 6.61 Å². The maximum Gasteiger partial charge on any atom is 0.338 e. The fourth-order valence-corrected chi connectivity index (χ4v) is 3.02. The maximum atomic E-state index is 12.2. The van der Waals surface area contributed by atoms with Crippen LogP contribution in [0.3, 0.4) is 0 Å². The first kappa shape index (κ1) is 19.8. The molecule has 0 aliphatic heterocycles. The van der Waals surface area contributed by atoms with Gasteiger partial charge in [0, 0.05) is 0 Å². The third kappa shape index (κ3) is 5.76. The molecule has 1 amide bonds. The number of esters is 1. The van der Waals surface area contributed by atoms with Crippen molar-refractivity contribution in [2.45, 2.75) is 64.0 Å². The molecule has 1 aliphatic rings. The molecule has 0 spiro atoms. The molecule has 6 nitrogen and oxygen atoms in total. The number of amides is 1. The summed E-state index contributed by atoms with van der Waals surface area (Å²) >= 11 is 0. The zero-order valence-electron chi connectivity index (χ0n) is 15.4. The van der Waals surface area contributed by atoms with E-state index in [0.29, 0.717) is 24.2 Å². The molecular formula is C20H26N2O4. The van der Waals surface area contributed by atoms with Crippen LogP contribution in [-0.4, -0.2) is 30.1 Å². The van der Waals surface area contributed by atoms with E-state index >= 15 is 0 Å².